The molecule has 0 saturated heterocycles. The van der Waals surface area contributed by atoms with Crippen molar-refractivity contribution in [2.24, 2.45) is 0 Å². The smallest absolute Gasteiger partial charge is 0.334 e. The van der Waals surface area contributed by atoms with E-state index < -0.39 is 11.6 Å². The first-order valence-corrected chi connectivity index (χ1v) is 8.04. The summed E-state index contributed by atoms with van der Waals surface area (Å²) >= 11 is 3.38. The zero-order chi connectivity index (χ0) is 17.0. The average Bonchev–Trinajstić information content (AvgIpc) is 2.48. The SMILES string of the molecule is C=C(Cc1cc(-c2ccccc2)nnc1Br)C(=O)OC(C)(C)C. The van der Waals surface area contributed by atoms with E-state index in [0.29, 0.717) is 16.6 Å². The number of nitrogens with zero attached hydrogens (tertiary/aromatic N) is 2. The molecule has 2 rings (SSSR count). The van der Waals surface area contributed by atoms with Gasteiger partial charge in [0, 0.05) is 17.6 Å². The van der Waals surface area contributed by atoms with Gasteiger partial charge in [-0.15, -0.1) is 10.2 Å². The standard InChI is InChI=1S/C18H19BrN2O2/c1-12(17(22)23-18(2,3)4)10-14-11-15(20-21-16(14)19)13-8-6-5-7-9-13/h5-9,11H,1,10H2,2-4H3. The zero-order valence-corrected chi connectivity index (χ0v) is 15.1. The van der Waals surface area contributed by atoms with Gasteiger partial charge in [-0.3, -0.25) is 0 Å². The normalized spacial score (nSPS) is 11.1. The fourth-order valence-corrected chi connectivity index (χ4v) is 2.28. The Balaban J connectivity index is 2.20. The predicted molar refractivity (Wildman–Crippen MR) is 93.9 cm³/mol. The molecule has 1 aromatic carbocycles. The lowest BCUT2D eigenvalue weighted by atomic mass is 10.1. The minimum atomic E-state index is -0.539. The maximum absolute atomic E-state index is 12.1. The van der Waals surface area contributed by atoms with E-state index >= 15 is 0 Å². The Labute approximate surface area is 144 Å². The van der Waals surface area contributed by atoms with Crippen molar-refractivity contribution in [1.82, 2.24) is 10.2 Å². The van der Waals surface area contributed by atoms with Crippen LogP contribution in [0.3, 0.4) is 0 Å². The van der Waals surface area contributed by atoms with Gasteiger partial charge in [-0.25, -0.2) is 4.79 Å². The third-order valence-electron chi connectivity index (χ3n) is 2.98. The Morgan fingerprint density at radius 3 is 2.48 bits per heavy atom. The third kappa shape index (κ3) is 4.99. The fourth-order valence-electron chi connectivity index (χ4n) is 1.94. The van der Waals surface area contributed by atoms with Gasteiger partial charge in [0.1, 0.15) is 10.2 Å². The number of aromatic nitrogens is 2. The van der Waals surface area contributed by atoms with Crippen molar-refractivity contribution in [3.05, 3.63) is 58.7 Å². The van der Waals surface area contributed by atoms with Crippen LogP contribution in [0.1, 0.15) is 26.3 Å². The van der Waals surface area contributed by atoms with Crippen molar-refractivity contribution in [3.63, 3.8) is 0 Å². The van der Waals surface area contributed by atoms with Crippen LogP contribution in [-0.2, 0) is 16.0 Å². The van der Waals surface area contributed by atoms with Crippen molar-refractivity contribution in [2.75, 3.05) is 0 Å². The number of hydrogen-bond acceptors (Lipinski definition) is 4. The third-order valence-corrected chi connectivity index (χ3v) is 3.65. The topological polar surface area (TPSA) is 52.1 Å². The number of ether oxygens (including phenoxy) is 1. The van der Waals surface area contributed by atoms with Crippen LogP contribution in [0.4, 0.5) is 0 Å². The molecule has 0 fully saturated rings. The van der Waals surface area contributed by atoms with Crippen LogP contribution in [0.25, 0.3) is 11.3 Å². The molecule has 0 radical (unpaired) electrons. The molecule has 2 aromatic rings. The van der Waals surface area contributed by atoms with Crippen LogP contribution in [0.15, 0.2) is 53.2 Å². The molecular weight excluding hydrogens is 356 g/mol. The number of carbonyl (C=O) groups is 1. The van der Waals surface area contributed by atoms with Gasteiger partial charge in [-0.1, -0.05) is 36.9 Å². The highest BCUT2D eigenvalue weighted by Gasteiger charge is 2.20. The number of hydrogen-bond donors (Lipinski definition) is 0. The summed E-state index contributed by atoms with van der Waals surface area (Å²) in [5, 5.41) is 8.29. The lowest BCUT2D eigenvalue weighted by Gasteiger charge is -2.20. The van der Waals surface area contributed by atoms with Crippen LogP contribution in [0, 0.1) is 0 Å². The van der Waals surface area contributed by atoms with Crippen molar-refractivity contribution in [2.45, 2.75) is 32.8 Å². The number of benzene rings is 1. The van der Waals surface area contributed by atoms with E-state index in [1.54, 1.807) is 0 Å². The van der Waals surface area contributed by atoms with Gasteiger partial charge in [-0.05, 0) is 48.3 Å². The zero-order valence-electron chi connectivity index (χ0n) is 13.5. The van der Waals surface area contributed by atoms with E-state index in [4.69, 9.17) is 4.74 Å². The maximum Gasteiger partial charge on any atom is 0.334 e. The molecule has 0 aliphatic heterocycles. The van der Waals surface area contributed by atoms with E-state index in [2.05, 4.69) is 32.7 Å². The van der Waals surface area contributed by atoms with Gasteiger partial charge in [0.2, 0.25) is 0 Å². The lowest BCUT2D eigenvalue weighted by Crippen LogP contribution is -2.25. The van der Waals surface area contributed by atoms with Crippen molar-refractivity contribution < 1.29 is 9.53 Å². The highest BCUT2D eigenvalue weighted by molar-refractivity contribution is 9.10. The van der Waals surface area contributed by atoms with E-state index in [0.717, 1.165) is 16.8 Å². The summed E-state index contributed by atoms with van der Waals surface area (Å²) in [5.41, 5.74) is 2.41. The first kappa shape index (κ1) is 17.3. The summed E-state index contributed by atoms with van der Waals surface area (Å²) in [6.45, 7) is 9.32. The van der Waals surface area contributed by atoms with E-state index in [1.165, 1.54) is 0 Å². The summed E-state index contributed by atoms with van der Waals surface area (Å²) < 4.78 is 5.94. The van der Waals surface area contributed by atoms with Crippen LogP contribution in [0.2, 0.25) is 0 Å². The second kappa shape index (κ2) is 7.04. The van der Waals surface area contributed by atoms with Gasteiger partial charge >= 0.3 is 5.97 Å². The number of halogens is 1. The quantitative estimate of drug-likeness (QED) is 0.589. The molecule has 0 N–H and O–H groups in total. The molecular formula is C18H19BrN2O2. The summed E-state index contributed by atoms with van der Waals surface area (Å²) in [5.74, 6) is -0.400. The first-order chi connectivity index (χ1) is 10.8. The lowest BCUT2D eigenvalue weighted by molar-refractivity contribution is -0.149. The van der Waals surface area contributed by atoms with Crippen molar-refractivity contribution in [1.29, 1.82) is 0 Å². The van der Waals surface area contributed by atoms with Crippen molar-refractivity contribution >= 4 is 21.9 Å². The number of esters is 1. The highest BCUT2D eigenvalue weighted by atomic mass is 79.9. The Morgan fingerprint density at radius 1 is 1.22 bits per heavy atom. The monoisotopic (exact) mass is 374 g/mol. The van der Waals surface area contributed by atoms with Gasteiger partial charge in [0.25, 0.3) is 0 Å². The summed E-state index contributed by atoms with van der Waals surface area (Å²) in [6.07, 6.45) is 0.352. The molecule has 1 aromatic heterocycles. The molecule has 0 bridgehead atoms. The molecule has 5 heteroatoms. The van der Waals surface area contributed by atoms with Crippen LogP contribution < -0.4 is 0 Å². The first-order valence-electron chi connectivity index (χ1n) is 7.25. The molecule has 4 nitrogen and oxygen atoms in total. The molecule has 0 aliphatic carbocycles. The average molecular weight is 375 g/mol. The predicted octanol–water partition coefficient (Wildman–Crippen LogP) is 4.35. The minimum Gasteiger partial charge on any atom is -0.457 e. The van der Waals surface area contributed by atoms with E-state index in [1.807, 2.05) is 57.2 Å². The second-order valence-corrected chi connectivity index (χ2v) is 6.95. The molecule has 1 heterocycles. The molecule has 0 unspecified atom stereocenters. The molecule has 0 spiro atoms. The van der Waals surface area contributed by atoms with Gasteiger partial charge in [-0.2, -0.15) is 0 Å². The largest absolute Gasteiger partial charge is 0.457 e. The molecule has 0 amide bonds. The molecule has 23 heavy (non-hydrogen) atoms. The molecule has 0 aliphatic rings. The van der Waals surface area contributed by atoms with Gasteiger partial charge < -0.3 is 4.74 Å². The maximum atomic E-state index is 12.1. The summed E-state index contributed by atoms with van der Waals surface area (Å²) in [4.78, 5) is 12.1. The van der Waals surface area contributed by atoms with Crippen LogP contribution >= 0.6 is 15.9 Å². The fraction of sp³-hybridized carbons (Fsp3) is 0.278. The Bertz CT molecular complexity index is 722. The van der Waals surface area contributed by atoms with Crippen LogP contribution in [0.5, 0.6) is 0 Å². The van der Waals surface area contributed by atoms with E-state index in [-0.39, 0.29) is 0 Å². The minimum absolute atomic E-state index is 0.352. The number of rotatable bonds is 4. The van der Waals surface area contributed by atoms with Gasteiger partial charge in [0.15, 0.2) is 0 Å². The Morgan fingerprint density at radius 2 is 1.87 bits per heavy atom. The highest BCUT2D eigenvalue weighted by Crippen LogP contribution is 2.23. The Kier molecular flexibility index (Phi) is 5.31. The Hall–Kier alpha value is -2.01. The van der Waals surface area contributed by atoms with Gasteiger partial charge in [0.05, 0.1) is 5.69 Å². The number of carbonyl (C=O) groups excluding carboxylic acids is 1. The molecule has 120 valence electrons. The molecule has 0 saturated carbocycles. The second-order valence-electron chi connectivity index (χ2n) is 6.19. The summed E-state index contributed by atoms with van der Waals surface area (Å²) in [7, 11) is 0. The summed E-state index contributed by atoms with van der Waals surface area (Å²) in [6, 6.07) is 11.7. The van der Waals surface area contributed by atoms with E-state index in [9.17, 15) is 4.79 Å². The molecule has 0 atom stereocenters. The van der Waals surface area contributed by atoms with Crippen molar-refractivity contribution in [3.8, 4) is 11.3 Å². The van der Waals surface area contributed by atoms with Crippen LogP contribution in [-0.4, -0.2) is 21.8 Å².